The van der Waals surface area contributed by atoms with Gasteiger partial charge in [-0.2, -0.15) is 0 Å². The Morgan fingerprint density at radius 2 is 1.38 bits per heavy atom. The fourth-order valence-corrected chi connectivity index (χ4v) is 6.37. The van der Waals surface area contributed by atoms with Crippen molar-refractivity contribution in [2.24, 2.45) is 0 Å². The molecule has 0 aliphatic heterocycles. The molecule has 0 amide bonds. The van der Waals surface area contributed by atoms with E-state index in [1.54, 1.807) is 74.0 Å². The van der Waals surface area contributed by atoms with Gasteiger partial charge >= 0.3 is 0 Å². The van der Waals surface area contributed by atoms with E-state index in [-0.39, 0.29) is 26.9 Å². The maximum atomic E-state index is 13.6. The van der Waals surface area contributed by atoms with Crippen LogP contribution in [-0.4, -0.2) is 28.9 Å². The Morgan fingerprint density at radius 3 is 2.10 bits per heavy atom. The van der Waals surface area contributed by atoms with Crippen LogP contribution in [0.25, 0.3) is 10.8 Å². The Labute approximate surface area is 232 Å². The molecule has 40 heavy (non-hydrogen) atoms. The molecule has 0 aliphatic carbocycles. The predicted octanol–water partition coefficient (Wildman–Crippen LogP) is 5.95. The standard InChI is InChI=1S/C29H25N3O6S2/c1-20-6-13-25(14-7-20)39(33,34)31-27-15-12-24(38-23-10-8-22(37-2)9-11-23)18-28(27)32-40(35,36)29-5-3-4-21-19-30-17-16-26(21)29/h3-19,31-32H,1-2H3. The highest BCUT2D eigenvalue weighted by Gasteiger charge is 2.22. The summed E-state index contributed by atoms with van der Waals surface area (Å²) >= 11 is 0. The van der Waals surface area contributed by atoms with E-state index in [4.69, 9.17) is 9.47 Å². The number of benzene rings is 4. The number of sulfonamides is 2. The van der Waals surface area contributed by atoms with E-state index in [0.29, 0.717) is 22.3 Å². The number of pyridine rings is 1. The normalized spacial score (nSPS) is 11.7. The van der Waals surface area contributed by atoms with Crippen LogP contribution < -0.4 is 18.9 Å². The average molecular weight is 576 g/mol. The molecular weight excluding hydrogens is 550 g/mol. The lowest BCUT2D eigenvalue weighted by molar-refractivity contribution is 0.413. The van der Waals surface area contributed by atoms with Gasteiger partial charge in [-0.05, 0) is 67.6 Å². The molecule has 0 atom stereocenters. The molecular formula is C29H25N3O6S2. The quantitative estimate of drug-likeness (QED) is 0.223. The van der Waals surface area contributed by atoms with Crippen molar-refractivity contribution in [3.63, 3.8) is 0 Å². The third-order valence-electron chi connectivity index (χ3n) is 6.04. The van der Waals surface area contributed by atoms with Gasteiger partial charge < -0.3 is 9.47 Å². The van der Waals surface area contributed by atoms with Crippen molar-refractivity contribution in [1.82, 2.24) is 4.98 Å². The third-order valence-corrected chi connectivity index (χ3v) is 8.84. The summed E-state index contributed by atoms with van der Waals surface area (Å²) in [7, 11) is -6.65. The van der Waals surface area contributed by atoms with E-state index < -0.39 is 20.0 Å². The Kier molecular flexibility index (Phi) is 7.33. The molecule has 0 fully saturated rings. The molecule has 11 heteroatoms. The number of aryl methyl sites for hydroxylation is 1. The summed E-state index contributed by atoms with van der Waals surface area (Å²) in [4.78, 5) is 4.10. The molecule has 0 bridgehead atoms. The number of hydrogen-bond acceptors (Lipinski definition) is 7. The largest absolute Gasteiger partial charge is 0.497 e. The van der Waals surface area contributed by atoms with E-state index in [0.717, 1.165) is 5.56 Å². The van der Waals surface area contributed by atoms with Crippen molar-refractivity contribution in [3.05, 3.63) is 109 Å². The van der Waals surface area contributed by atoms with Gasteiger partial charge in [-0.25, -0.2) is 16.8 Å². The number of anilines is 2. The first kappa shape index (κ1) is 27.0. The van der Waals surface area contributed by atoms with Crippen molar-refractivity contribution >= 4 is 42.2 Å². The second-order valence-electron chi connectivity index (χ2n) is 8.86. The van der Waals surface area contributed by atoms with Crippen LogP contribution in [0.5, 0.6) is 17.2 Å². The lowest BCUT2D eigenvalue weighted by atomic mass is 10.2. The van der Waals surface area contributed by atoms with E-state index in [2.05, 4.69) is 14.4 Å². The van der Waals surface area contributed by atoms with E-state index in [1.807, 2.05) is 6.92 Å². The third kappa shape index (κ3) is 5.85. The molecule has 4 aromatic carbocycles. The van der Waals surface area contributed by atoms with Gasteiger partial charge in [0.15, 0.2) is 0 Å². The first-order chi connectivity index (χ1) is 19.1. The fourth-order valence-electron chi connectivity index (χ4n) is 3.99. The second-order valence-corrected chi connectivity index (χ2v) is 12.2. The molecule has 1 aromatic heterocycles. The number of fused-ring (bicyclic) bond motifs is 1. The molecule has 0 radical (unpaired) electrons. The highest BCUT2D eigenvalue weighted by Crippen LogP contribution is 2.34. The summed E-state index contributed by atoms with van der Waals surface area (Å²) < 4.78 is 69.7. The summed E-state index contributed by atoms with van der Waals surface area (Å²) in [5.74, 6) is 1.40. The van der Waals surface area contributed by atoms with Gasteiger partial charge in [0.1, 0.15) is 17.2 Å². The average Bonchev–Trinajstić information content (AvgIpc) is 2.94. The Bertz CT molecular complexity index is 1890. The van der Waals surface area contributed by atoms with Crippen molar-refractivity contribution in [1.29, 1.82) is 0 Å². The Balaban J connectivity index is 1.55. The smallest absolute Gasteiger partial charge is 0.262 e. The Morgan fingerprint density at radius 1 is 0.700 bits per heavy atom. The molecule has 204 valence electrons. The van der Waals surface area contributed by atoms with Gasteiger partial charge in [0.05, 0.1) is 28.3 Å². The zero-order valence-electron chi connectivity index (χ0n) is 21.5. The van der Waals surface area contributed by atoms with Crippen molar-refractivity contribution in [3.8, 4) is 17.2 Å². The number of hydrogen-bond donors (Lipinski definition) is 2. The lowest BCUT2D eigenvalue weighted by Crippen LogP contribution is -2.18. The van der Waals surface area contributed by atoms with Crippen LogP contribution in [0.2, 0.25) is 0 Å². The number of aromatic nitrogens is 1. The number of rotatable bonds is 9. The van der Waals surface area contributed by atoms with Gasteiger partial charge in [-0.15, -0.1) is 0 Å². The van der Waals surface area contributed by atoms with Crippen molar-refractivity contribution in [2.75, 3.05) is 16.6 Å². The van der Waals surface area contributed by atoms with E-state index in [9.17, 15) is 16.8 Å². The molecule has 0 unspecified atom stereocenters. The number of nitrogens with one attached hydrogen (secondary N) is 2. The van der Waals surface area contributed by atoms with E-state index in [1.165, 1.54) is 36.5 Å². The molecule has 2 N–H and O–H groups in total. The summed E-state index contributed by atoms with van der Waals surface area (Å²) in [6.45, 7) is 1.85. The monoisotopic (exact) mass is 575 g/mol. The summed E-state index contributed by atoms with van der Waals surface area (Å²) in [6, 6.07) is 24.0. The highest BCUT2D eigenvalue weighted by atomic mass is 32.2. The minimum Gasteiger partial charge on any atom is -0.497 e. The molecule has 1 heterocycles. The Hall–Kier alpha value is -4.61. The van der Waals surface area contributed by atoms with Crippen LogP contribution in [0.4, 0.5) is 11.4 Å². The molecule has 0 spiro atoms. The molecule has 0 saturated carbocycles. The minimum atomic E-state index is -4.17. The zero-order chi connectivity index (χ0) is 28.3. The van der Waals surface area contributed by atoms with Gasteiger partial charge in [0.25, 0.3) is 20.0 Å². The topological polar surface area (TPSA) is 124 Å². The maximum absolute atomic E-state index is 13.6. The van der Waals surface area contributed by atoms with Crippen LogP contribution >= 0.6 is 0 Å². The molecule has 5 aromatic rings. The van der Waals surface area contributed by atoms with Crippen molar-refractivity contribution in [2.45, 2.75) is 16.7 Å². The van der Waals surface area contributed by atoms with Crippen LogP contribution in [0, 0.1) is 6.92 Å². The summed E-state index contributed by atoms with van der Waals surface area (Å²) in [6.07, 6.45) is 3.07. The van der Waals surface area contributed by atoms with Gasteiger partial charge in [-0.3, -0.25) is 14.4 Å². The lowest BCUT2D eigenvalue weighted by Gasteiger charge is -2.17. The minimum absolute atomic E-state index is 0.0150. The first-order valence-electron chi connectivity index (χ1n) is 12.1. The summed E-state index contributed by atoms with van der Waals surface area (Å²) in [5, 5.41) is 1.11. The van der Waals surface area contributed by atoms with E-state index >= 15 is 0 Å². The molecule has 0 saturated heterocycles. The van der Waals surface area contributed by atoms with Gasteiger partial charge in [-0.1, -0.05) is 29.8 Å². The number of methoxy groups -OCH3 is 1. The van der Waals surface area contributed by atoms with Crippen LogP contribution in [0.3, 0.4) is 0 Å². The predicted molar refractivity (Wildman–Crippen MR) is 154 cm³/mol. The number of ether oxygens (including phenoxy) is 2. The molecule has 5 rings (SSSR count). The van der Waals surface area contributed by atoms with Gasteiger partial charge in [0.2, 0.25) is 0 Å². The van der Waals surface area contributed by atoms with Crippen molar-refractivity contribution < 1.29 is 26.3 Å². The van der Waals surface area contributed by atoms with Crippen LogP contribution in [0.15, 0.2) is 113 Å². The first-order valence-corrected chi connectivity index (χ1v) is 15.0. The SMILES string of the molecule is COc1ccc(Oc2ccc(NS(=O)(=O)c3ccc(C)cc3)c(NS(=O)(=O)c3cccc4cnccc34)c2)cc1. The molecule has 9 nitrogen and oxygen atoms in total. The van der Waals surface area contributed by atoms with Crippen LogP contribution in [-0.2, 0) is 20.0 Å². The zero-order valence-corrected chi connectivity index (χ0v) is 23.2. The maximum Gasteiger partial charge on any atom is 0.262 e. The molecule has 0 aliphatic rings. The highest BCUT2D eigenvalue weighted by molar-refractivity contribution is 7.93. The van der Waals surface area contributed by atoms with Crippen LogP contribution in [0.1, 0.15) is 5.56 Å². The summed E-state index contributed by atoms with van der Waals surface area (Å²) in [5.41, 5.74) is 0.901. The fraction of sp³-hybridized carbons (Fsp3) is 0.0690. The van der Waals surface area contributed by atoms with Gasteiger partial charge in [0, 0.05) is 29.2 Å². The second kappa shape index (κ2) is 10.9. The number of nitrogens with zero attached hydrogens (tertiary/aromatic N) is 1.